The number of likely N-dealkylation sites (N-methyl/N-ethyl adjacent to an activating group) is 1. The van der Waals surface area contributed by atoms with Gasteiger partial charge in [0.1, 0.15) is 6.04 Å². The van der Waals surface area contributed by atoms with Gasteiger partial charge in [-0.2, -0.15) is 5.10 Å². The van der Waals surface area contributed by atoms with E-state index in [1.807, 2.05) is 36.5 Å². The molecule has 108 valence electrons. The largest absolute Gasteiger partial charge is 0.371 e. The summed E-state index contributed by atoms with van der Waals surface area (Å²) in [6, 6.07) is -0.238. The second-order valence-corrected chi connectivity index (χ2v) is 5.72. The number of aromatic nitrogens is 2. The molecule has 0 aliphatic rings. The van der Waals surface area contributed by atoms with Crippen molar-refractivity contribution in [2.24, 2.45) is 0 Å². The van der Waals surface area contributed by atoms with E-state index in [-0.39, 0.29) is 17.5 Å². The van der Waals surface area contributed by atoms with Gasteiger partial charge in [-0.1, -0.05) is 0 Å². The van der Waals surface area contributed by atoms with E-state index in [1.165, 1.54) is 0 Å². The van der Waals surface area contributed by atoms with E-state index in [0.717, 1.165) is 18.8 Å². The molecule has 0 saturated carbocycles. The number of nitrogens with zero attached hydrogens (tertiary/aromatic N) is 3. The first kappa shape index (κ1) is 15.5. The van der Waals surface area contributed by atoms with Gasteiger partial charge in [0.15, 0.2) is 0 Å². The van der Waals surface area contributed by atoms with Crippen LogP contribution in [0.2, 0.25) is 0 Å². The number of rotatable bonds is 5. The van der Waals surface area contributed by atoms with E-state index in [4.69, 9.17) is 0 Å². The van der Waals surface area contributed by atoms with E-state index < -0.39 is 0 Å². The number of carbonyl (C=O) groups is 1. The minimum atomic E-state index is -0.238. The first-order chi connectivity index (χ1) is 8.79. The Morgan fingerprint density at radius 1 is 1.42 bits per heavy atom. The molecule has 0 aromatic carbocycles. The van der Waals surface area contributed by atoms with Crippen molar-refractivity contribution in [2.45, 2.75) is 53.1 Å². The molecule has 1 aromatic heterocycles. The van der Waals surface area contributed by atoms with Crippen molar-refractivity contribution in [2.75, 3.05) is 18.4 Å². The van der Waals surface area contributed by atoms with E-state index in [1.54, 1.807) is 6.20 Å². The quantitative estimate of drug-likeness (QED) is 0.889. The Balaban J connectivity index is 2.69. The fourth-order valence-corrected chi connectivity index (χ4v) is 1.89. The third-order valence-electron chi connectivity index (χ3n) is 3.10. The van der Waals surface area contributed by atoms with E-state index in [9.17, 15) is 4.79 Å². The Morgan fingerprint density at radius 3 is 2.42 bits per heavy atom. The fourth-order valence-electron chi connectivity index (χ4n) is 1.89. The smallest absolute Gasteiger partial charge is 0.244 e. The molecule has 1 atom stereocenters. The lowest BCUT2D eigenvalue weighted by Crippen LogP contribution is -2.41. The van der Waals surface area contributed by atoms with Crippen molar-refractivity contribution >= 4 is 11.6 Å². The summed E-state index contributed by atoms with van der Waals surface area (Å²) in [6.45, 7) is 13.6. The van der Waals surface area contributed by atoms with Crippen LogP contribution in [0.3, 0.4) is 0 Å². The molecule has 5 heteroatoms. The van der Waals surface area contributed by atoms with Gasteiger partial charge in [-0.3, -0.25) is 9.48 Å². The molecule has 1 amide bonds. The van der Waals surface area contributed by atoms with E-state index in [0.29, 0.717) is 0 Å². The van der Waals surface area contributed by atoms with Gasteiger partial charge >= 0.3 is 0 Å². The second-order valence-electron chi connectivity index (χ2n) is 5.72. The SMILES string of the molecule is CCN(CC)C(=O)C(C)Nc1cnn(C(C)(C)C)c1. The predicted octanol–water partition coefficient (Wildman–Crippen LogP) is 2.31. The lowest BCUT2D eigenvalue weighted by molar-refractivity contribution is -0.131. The molecule has 5 nitrogen and oxygen atoms in total. The van der Waals surface area contributed by atoms with Gasteiger partial charge < -0.3 is 10.2 Å². The van der Waals surface area contributed by atoms with Crippen LogP contribution >= 0.6 is 0 Å². The minimum absolute atomic E-state index is 0.0496. The highest BCUT2D eigenvalue weighted by atomic mass is 16.2. The summed E-state index contributed by atoms with van der Waals surface area (Å²) in [7, 11) is 0. The second kappa shape index (κ2) is 6.08. The van der Waals surface area contributed by atoms with Crippen molar-refractivity contribution in [1.82, 2.24) is 14.7 Å². The topological polar surface area (TPSA) is 50.2 Å². The molecule has 19 heavy (non-hydrogen) atoms. The molecular weight excluding hydrogens is 240 g/mol. The number of hydrogen-bond acceptors (Lipinski definition) is 3. The fraction of sp³-hybridized carbons (Fsp3) is 0.714. The summed E-state index contributed by atoms with van der Waals surface area (Å²) in [4.78, 5) is 14.0. The third-order valence-corrected chi connectivity index (χ3v) is 3.10. The van der Waals surface area contributed by atoms with Gasteiger partial charge in [0.25, 0.3) is 0 Å². The summed E-state index contributed by atoms with van der Waals surface area (Å²) in [6.07, 6.45) is 3.70. The van der Waals surface area contributed by atoms with Crippen LogP contribution in [-0.2, 0) is 10.3 Å². The summed E-state index contributed by atoms with van der Waals surface area (Å²) in [5.74, 6) is 0.119. The Bertz CT molecular complexity index is 415. The normalized spacial score (nSPS) is 13.2. The van der Waals surface area contributed by atoms with Crippen LogP contribution in [0.15, 0.2) is 12.4 Å². The average molecular weight is 266 g/mol. The Labute approximate surface area is 116 Å². The van der Waals surface area contributed by atoms with Gasteiger partial charge in [-0.25, -0.2) is 0 Å². The first-order valence-electron chi connectivity index (χ1n) is 6.90. The summed E-state index contributed by atoms with van der Waals surface area (Å²) < 4.78 is 1.89. The third kappa shape index (κ3) is 3.98. The standard InChI is InChI=1S/C14H26N4O/c1-7-17(8-2)13(19)11(3)16-12-9-15-18(10-12)14(4,5)6/h9-11,16H,7-8H2,1-6H3. The van der Waals surface area contributed by atoms with Crippen LogP contribution in [0.1, 0.15) is 41.5 Å². The summed E-state index contributed by atoms with van der Waals surface area (Å²) in [5, 5.41) is 7.52. The maximum atomic E-state index is 12.1. The first-order valence-corrected chi connectivity index (χ1v) is 6.90. The van der Waals surface area contributed by atoms with Gasteiger partial charge in [-0.05, 0) is 41.5 Å². The zero-order valence-electron chi connectivity index (χ0n) is 12.9. The monoisotopic (exact) mass is 266 g/mol. The Morgan fingerprint density at radius 2 is 2.00 bits per heavy atom. The van der Waals surface area contributed by atoms with Gasteiger partial charge in [-0.15, -0.1) is 0 Å². The predicted molar refractivity (Wildman–Crippen MR) is 78.2 cm³/mol. The maximum Gasteiger partial charge on any atom is 0.244 e. The van der Waals surface area contributed by atoms with Crippen molar-refractivity contribution in [3.63, 3.8) is 0 Å². The molecule has 1 rings (SSSR count). The van der Waals surface area contributed by atoms with Crippen LogP contribution < -0.4 is 5.32 Å². The Hall–Kier alpha value is -1.52. The molecule has 1 unspecified atom stereocenters. The van der Waals surface area contributed by atoms with Crippen LogP contribution in [0.5, 0.6) is 0 Å². The number of nitrogens with one attached hydrogen (secondary N) is 1. The summed E-state index contributed by atoms with van der Waals surface area (Å²) >= 11 is 0. The zero-order valence-corrected chi connectivity index (χ0v) is 12.9. The van der Waals surface area contributed by atoms with Crippen LogP contribution in [0.4, 0.5) is 5.69 Å². The highest BCUT2D eigenvalue weighted by Crippen LogP contribution is 2.16. The zero-order chi connectivity index (χ0) is 14.6. The molecule has 1 N–H and O–H groups in total. The van der Waals surface area contributed by atoms with Crippen molar-refractivity contribution in [3.05, 3.63) is 12.4 Å². The number of amides is 1. The van der Waals surface area contributed by atoms with Crippen LogP contribution in [0.25, 0.3) is 0 Å². The molecule has 0 saturated heterocycles. The van der Waals surface area contributed by atoms with E-state index >= 15 is 0 Å². The molecule has 0 bridgehead atoms. The molecule has 1 aromatic rings. The summed E-state index contributed by atoms with van der Waals surface area (Å²) in [5.41, 5.74) is 0.828. The van der Waals surface area contributed by atoms with Gasteiger partial charge in [0.2, 0.25) is 5.91 Å². The molecular formula is C14H26N4O. The van der Waals surface area contributed by atoms with Crippen LogP contribution in [0, 0.1) is 0 Å². The number of hydrogen-bond donors (Lipinski definition) is 1. The van der Waals surface area contributed by atoms with E-state index in [2.05, 4.69) is 31.2 Å². The van der Waals surface area contributed by atoms with Crippen molar-refractivity contribution < 1.29 is 4.79 Å². The highest BCUT2D eigenvalue weighted by molar-refractivity contribution is 5.84. The lowest BCUT2D eigenvalue weighted by atomic mass is 10.1. The average Bonchev–Trinajstić information content (AvgIpc) is 2.78. The molecule has 0 fully saturated rings. The lowest BCUT2D eigenvalue weighted by Gasteiger charge is -2.23. The molecule has 1 heterocycles. The van der Waals surface area contributed by atoms with Crippen LogP contribution in [-0.4, -0.2) is 39.7 Å². The van der Waals surface area contributed by atoms with Gasteiger partial charge in [0.05, 0.1) is 17.4 Å². The number of carbonyl (C=O) groups excluding carboxylic acids is 1. The minimum Gasteiger partial charge on any atom is -0.371 e. The molecule has 0 spiro atoms. The van der Waals surface area contributed by atoms with Crippen molar-refractivity contribution in [1.29, 1.82) is 0 Å². The number of anilines is 1. The highest BCUT2D eigenvalue weighted by Gasteiger charge is 2.19. The molecule has 0 aliphatic carbocycles. The molecule has 0 aliphatic heterocycles. The van der Waals surface area contributed by atoms with Gasteiger partial charge in [0, 0.05) is 19.3 Å². The molecule has 0 radical (unpaired) electrons. The maximum absolute atomic E-state index is 12.1. The Kier molecular flexibility index (Phi) is 4.97. The van der Waals surface area contributed by atoms with Crippen molar-refractivity contribution in [3.8, 4) is 0 Å².